The van der Waals surface area contributed by atoms with Crippen LogP contribution in [0.5, 0.6) is 0 Å². The Hall–Kier alpha value is -2.23. The lowest BCUT2D eigenvalue weighted by Gasteiger charge is -2.36. The monoisotopic (exact) mass is 365 g/mol. The molecule has 7 nitrogen and oxygen atoms in total. The van der Waals surface area contributed by atoms with Gasteiger partial charge >= 0.3 is 12.1 Å². The predicted molar refractivity (Wildman–Crippen MR) is 99.1 cm³/mol. The number of alkyl carbamates (subject to hydrolysis) is 1. The SMILES string of the molecule is [C-]#[N+]/C(C(=O)OC(C)(C)C)=C(\C)N1CCC[C@@H](NC(=O)OC(C)(C)C)C1. The molecule has 26 heavy (non-hydrogen) atoms. The van der Waals surface area contributed by atoms with E-state index in [2.05, 4.69) is 10.2 Å². The van der Waals surface area contributed by atoms with Crippen molar-refractivity contribution in [3.63, 3.8) is 0 Å². The Morgan fingerprint density at radius 1 is 1.12 bits per heavy atom. The Morgan fingerprint density at radius 2 is 1.69 bits per heavy atom. The second-order valence-corrected chi connectivity index (χ2v) is 8.48. The van der Waals surface area contributed by atoms with Crippen LogP contribution in [-0.2, 0) is 14.3 Å². The molecule has 0 bridgehead atoms. The average Bonchev–Trinajstić information content (AvgIpc) is 2.44. The minimum Gasteiger partial charge on any atom is -0.465 e. The van der Waals surface area contributed by atoms with Gasteiger partial charge in [-0.25, -0.2) is 9.64 Å². The highest BCUT2D eigenvalue weighted by atomic mass is 16.6. The van der Waals surface area contributed by atoms with E-state index in [9.17, 15) is 9.59 Å². The smallest absolute Gasteiger partial charge is 0.407 e. The fourth-order valence-electron chi connectivity index (χ4n) is 2.62. The molecule has 7 heteroatoms. The molecule has 0 spiro atoms. The van der Waals surface area contributed by atoms with Crippen molar-refractivity contribution in [2.45, 2.75) is 78.6 Å². The zero-order valence-electron chi connectivity index (χ0n) is 16.9. The molecule has 1 aliphatic rings. The third-order valence-corrected chi connectivity index (χ3v) is 3.66. The number of esters is 1. The molecule has 1 heterocycles. The summed E-state index contributed by atoms with van der Waals surface area (Å²) in [5.41, 5.74) is -0.652. The van der Waals surface area contributed by atoms with Crippen LogP contribution in [0.15, 0.2) is 11.4 Å². The van der Waals surface area contributed by atoms with E-state index >= 15 is 0 Å². The summed E-state index contributed by atoms with van der Waals surface area (Å²) in [4.78, 5) is 29.6. The highest BCUT2D eigenvalue weighted by Gasteiger charge is 2.28. The summed E-state index contributed by atoms with van der Waals surface area (Å²) in [6, 6.07) is -0.0980. The molecular weight excluding hydrogens is 334 g/mol. The van der Waals surface area contributed by atoms with Crippen molar-refractivity contribution in [3.8, 4) is 0 Å². The Labute approximate surface area is 156 Å². The lowest BCUT2D eigenvalue weighted by atomic mass is 10.0. The van der Waals surface area contributed by atoms with Crippen molar-refractivity contribution in [2.75, 3.05) is 13.1 Å². The first kappa shape index (κ1) is 21.8. The summed E-state index contributed by atoms with van der Waals surface area (Å²) in [5, 5.41) is 2.87. The van der Waals surface area contributed by atoms with Crippen molar-refractivity contribution in [1.82, 2.24) is 10.2 Å². The van der Waals surface area contributed by atoms with Gasteiger partial charge in [0.05, 0.1) is 6.57 Å². The first-order chi connectivity index (χ1) is 11.8. The summed E-state index contributed by atoms with van der Waals surface area (Å²) in [5.74, 6) is -0.618. The van der Waals surface area contributed by atoms with E-state index in [-0.39, 0.29) is 11.7 Å². The lowest BCUT2D eigenvalue weighted by molar-refractivity contribution is -0.149. The minimum atomic E-state index is -0.657. The lowest BCUT2D eigenvalue weighted by Crippen LogP contribution is -2.48. The number of piperidine rings is 1. The molecule has 0 aromatic carbocycles. The number of rotatable bonds is 3. The predicted octanol–water partition coefficient (Wildman–Crippen LogP) is 3.47. The Kier molecular flexibility index (Phi) is 7.08. The molecule has 1 amide bonds. The van der Waals surface area contributed by atoms with Crippen LogP contribution in [0.4, 0.5) is 4.79 Å². The van der Waals surface area contributed by atoms with Crippen molar-refractivity contribution < 1.29 is 19.1 Å². The largest absolute Gasteiger partial charge is 0.465 e. The number of allylic oxidation sites excluding steroid dienone is 1. The van der Waals surface area contributed by atoms with E-state index in [1.54, 1.807) is 27.7 Å². The number of carbonyl (C=O) groups excluding carboxylic acids is 2. The summed E-state index contributed by atoms with van der Waals surface area (Å²) in [6.45, 7) is 21.1. The molecule has 1 fully saturated rings. The summed E-state index contributed by atoms with van der Waals surface area (Å²) < 4.78 is 10.6. The summed E-state index contributed by atoms with van der Waals surface area (Å²) >= 11 is 0. The number of hydrogen-bond acceptors (Lipinski definition) is 5. The molecule has 0 aromatic rings. The number of ether oxygens (including phenoxy) is 2. The molecule has 1 saturated heterocycles. The van der Waals surface area contributed by atoms with E-state index < -0.39 is 23.3 Å². The molecule has 1 aliphatic heterocycles. The molecule has 146 valence electrons. The van der Waals surface area contributed by atoms with Crippen molar-refractivity contribution in [3.05, 3.63) is 22.8 Å². The second-order valence-electron chi connectivity index (χ2n) is 8.48. The van der Waals surface area contributed by atoms with Crippen LogP contribution in [0.2, 0.25) is 0 Å². The summed E-state index contributed by atoms with van der Waals surface area (Å²) in [6.07, 6.45) is 1.21. The van der Waals surface area contributed by atoms with E-state index in [4.69, 9.17) is 16.0 Å². The third-order valence-electron chi connectivity index (χ3n) is 3.66. The number of nitrogens with zero attached hydrogens (tertiary/aromatic N) is 2. The molecule has 1 rings (SSSR count). The molecular formula is C19H31N3O4. The van der Waals surface area contributed by atoms with Gasteiger partial charge in [-0.2, -0.15) is 0 Å². The van der Waals surface area contributed by atoms with Gasteiger partial charge in [-0.1, -0.05) is 0 Å². The van der Waals surface area contributed by atoms with Crippen molar-refractivity contribution in [2.24, 2.45) is 0 Å². The molecule has 1 N–H and O–H groups in total. The van der Waals surface area contributed by atoms with Crippen LogP contribution in [0.25, 0.3) is 4.85 Å². The Balaban J connectivity index is 2.82. The van der Waals surface area contributed by atoms with Gasteiger partial charge in [-0.05, 0) is 61.3 Å². The topological polar surface area (TPSA) is 72.2 Å². The van der Waals surface area contributed by atoms with Crippen molar-refractivity contribution in [1.29, 1.82) is 0 Å². The number of likely N-dealkylation sites (tertiary alicyclic amines) is 1. The summed E-state index contributed by atoms with van der Waals surface area (Å²) in [7, 11) is 0. The van der Waals surface area contributed by atoms with Crippen LogP contribution in [-0.4, -0.2) is 47.3 Å². The first-order valence-corrected chi connectivity index (χ1v) is 8.88. The zero-order chi connectivity index (χ0) is 20.1. The molecule has 1 atom stereocenters. The Morgan fingerprint density at radius 3 is 2.19 bits per heavy atom. The average molecular weight is 365 g/mol. The quantitative estimate of drug-likeness (QED) is 0.471. The maximum atomic E-state index is 12.3. The van der Waals surface area contributed by atoms with Gasteiger partial charge in [0.1, 0.15) is 11.2 Å². The van der Waals surface area contributed by atoms with Gasteiger partial charge in [-0.3, -0.25) is 4.79 Å². The van der Waals surface area contributed by atoms with E-state index in [1.807, 2.05) is 25.7 Å². The fraction of sp³-hybridized carbons (Fsp3) is 0.737. The van der Waals surface area contributed by atoms with Crippen LogP contribution in [0.3, 0.4) is 0 Å². The normalized spacial score (nSPS) is 19.2. The van der Waals surface area contributed by atoms with E-state index in [0.717, 1.165) is 19.4 Å². The molecule has 0 saturated carbocycles. The van der Waals surface area contributed by atoms with Crippen LogP contribution >= 0.6 is 0 Å². The van der Waals surface area contributed by atoms with E-state index in [1.165, 1.54) is 0 Å². The molecule has 0 aliphatic carbocycles. The van der Waals surface area contributed by atoms with Gasteiger partial charge in [0.2, 0.25) is 0 Å². The van der Waals surface area contributed by atoms with Crippen LogP contribution in [0, 0.1) is 6.57 Å². The maximum absolute atomic E-state index is 12.3. The molecule has 0 radical (unpaired) electrons. The second kappa shape index (κ2) is 8.43. The van der Waals surface area contributed by atoms with Gasteiger partial charge < -0.3 is 19.7 Å². The fourth-order valence-corrected chi connectivity index (χ4v) is 2.62. The van der Waals surface area contributed by atoms with Crippen LogP contribution in [0.1, 0.15) is 61.3 Å². The highest BCUT2D eigenvalue weighted by molar-refractivity contribution is 5.91. The van der Waals surface area contributed by atoms with Gasteiger partial charge in [0.15, 0.2) is 0 Å². The van der Waals surface area contributed by atoms with Gasteiger partial charge in [0, 0.05) is 24.8 Å². The van der Waals surface area contributed by atoms with Gasteiger partial charge in [-0.15, -0.1) is 0 Å². The number of carbonyl (C=O) groups is 2. The number of amides is 1. The molecule has 0 unspecified atom stereocenters. The Bertz CT molecular complexity index is 606. The van der Waals surface area contributed by atoms with E-state index in [0.29, 0.717) is 12.2 Å². The van der Waals surface area contributed by atoms with Crippen LogP contribution < -0.4 is 5.32 Å². The zero-order valence-corrected chi connectivity index (χ0v) is 16.9. The first-order valence-electron chi connectivity index (χ1n) is 8.88. The standard InChI is InChI=1S/C19H31N3O4/c1-13(15(20-8)16(23)25-18(2,3)4)22-11-9-10-14(12-22)21-17(24)26-19(5,6)7/h14H,9-12H2,1-7H3,(H,21,24)/b15-13+/t14-/m1/s1. The maximum Gasteiger partial charge on any atom is 0.407 e. The minimum absolute atomic E-state index is 0.0159. The van der Waals surface area contributed by atoms with Gasteiger partial charge in [0.25, 0.3) is 5.70 Å². The number of nitrogens with one attached hydrogen (secondary N) is 1. The number of hydrogen-bond donors (Lipinski definition) is 1. The molecule has 0 aromatic heterocycles. The van der Waals surface area contributed by atoms with Crippen molar-refractivity contribution >= 4 is 12.1 Å². The third kappa shape index (κ3) is 7.34. The highest BCUT2D eigenvalue weighted by Crippen LogP contribution is 2.21.